The molecule has 0 saturated carbocycles. The summed E-state index contributed by atoms with van der Waals surface area (Å²) in [5.41, 5.74) is 2.26. The lowest BCUT2D eigenvalue weighted by molar-refractivity contribution is 0.463. The molecular formula is C16H21NO3S. The van der Waals surface area contributed by atoms with Crippen molar-refractivity contribution in [2.75, 3.05) is 21.1 Å². The highest BCUT2D eigenvalue weighted by atomic mass is 32.2. The van der Waals surface area contributed by atoms with Crippen LogP contribution in [-0.4, -0.2) is 34.1 Å². The molecule has 0 fully saturated rings. The van der Waals surface area contributed by atoms with Crippen LogP contribution in [0.25, 0.3) is 0 Å². The van der Waals surface area contributed by atoms with Crippen LogP contribution in [0.3, 0.4) is 0 Å². The summed E-state index contributed by atoms with van der Waals surface area (Å²) in [6.07, 6.45) is 0. The number of aryl methyl sites for hydroxylation is 1. The van der Waals surface area contributed by atoms with Gasteiger partial charge in [0.25, 0.3) is 0 Å². The Kier molecular flexibility index (Phi) is 5.66. The van der Waals surface area contributed by atoms with Gasteiger partial charge in [-0.2, -0.15) is 0 Å². The van der Waals surface area contributed by atoms with E-state index in [4.69, 9.17) is 0 Å². The molecule has 114 valence electrons. The summed E-state index contributed by atoms with van der Waals surface area (Å²) >= 11 is 0. The molecule has 4 nitrogen and oxygen atoms in total. The second kappa shape index (κ2) is 6.85. The molecule has 0 amide bonds. The number of hydrogen-bond donors (Lipinski definition) is 0. The quantitative estimate of drug-likeness (QED) is 0.633. The minimum atomic E-state index is -4.27. The Balaban J connectivity index is 0.000000211. The molecule has 2 rings (SSSR count). The topological polar surface area (TPSA) is 57.2 Å². The van der Waals surface area contributed by atoms with Gasteiger partial charge in [-0.3, -0.25) is 4.48 Å². The second-order valence-corrected chi connectivity index (χ2v) is 6.99. The largest absolute Gasteiger partial charge is 0.744 e. The first-order chi connectivity index (χ1) is 9.60. The van der Waals surface area contributed by atoms with Crippen molar-refractivity contribution in [3.05, 3.63) is 60.2 Å². The molecule has 0 unspecified atom stereocenters. The molecular weight excluding hydrogens is 286 g/mol. The van der Waals surface area contributed by atoms with Crippen LogP contribution in [0.2, 0.25) is 0 Å². The molecule has 2 aromatic rings. The van der Waals surface area contributed by atoms with E-state index in [1.165, 1.54) is 17.8 Å². The van der Waals surface area contributed by atoms with Crippen LogP contribution >= 0.6 is 0 Å². The van der Waals surface area contributed by atoms with E-state index in [0.29, 0.717) is 0 Å². The molecule has 5 heteroatoms. The monoisotopic (exact) mass is 307 g/mol. The van der Waals surface area contributed by atoms with Gasteiger partial charge in [-0.15, -0.1) is 0 Å². The molecule has 0 N–H and O–H groups in total. The smallest absolute Gasteiger partial charge is 0.132 e. The number of nitrogens with zero attached hydrogens (tertiary/aromatic N) is 1. The number of para-hydroxylation sites is 1. The van der Waals surface area contributed by atoms with Crippen molar-refractivity contribution in [3.8, 4) is 0 Å². The van der Waals surface area contributed by atoms with Gasteiger partial charge in [0.15, 0.2) is 0 Å². The fourth-order valence-electron chi connectivity index (χ4n) is 1.58. The average molecular weight is 307 g/mol. The summed E-state index contributed by atoms with van der Waals surface area (Å²) in [5.74, 6) is 0. The minimum Gasteiger partial charge on any atom is -0.744 e. The van der Waals surface area contributed by atoms with E-state index >= 15 is 0 Å². The maximum atomic E-state index is 10.4. The van der Waals surface area contributed by atoms with E-state index in [-0.39, 0.29) is 4.90 Å². The number of hydrogen-bond acceptors (Lipinski definition) is 3. The van der Waals surface area contributed by atoms with Crippen LogP contribution in [0.1, 0.15) is 5.56 Å². The van der Waals surface area contributed by atoms with Crippen LogP contribution in [0.5, 0.6) is 0 Å². The van der Waals surface area contributed by atoms with Crippen LogP contribution in [0.15, 0.2) is 59.5 Å². The van der Waals surface area contributed by atoms with Gasteiger partial charge in [0, 0.05) is 0 Å². The standard InChI is InChI=1S/C9H14N.C7H8O3S/c1-10(2,3)9-7-5-4-6-8-9;1-6-2-4-7(5-3-6)11(8,9)10/h4-8H,1-3H3;2-5H,1H3,(H,8,9,10)/q+1;/p-1. The summed E-state index contributed by atoms with van der Waals surface area (Å²) in [6, 6.07) is 16.2. The highest BCUT2D eigenvalue weighted by molar-refractivity contribution is 7.85. The molecule has 0 spiro atoms. The van der Waals surface area contributed by atoms with E-state index in [2.05, 4.69) is 45.4 Å². The molecule has 0 saturated heterocycles. The number of quaternary nitrogens is 1. The average Bonchev–Trinajstić information content (AvgIpc) is 2.39. The first-order valence-electron chi connectivity index (χ1n) is 6.50. The van der Waals surface area contributed by atoms with E-state index in [9.17, 15) is 13.0 Å². The summed E-state index contributed by atoms with van der Waals surface area (Å²) in [6.45, 7) is 1.82. The molecule has 0 bridgehead atoms. The fraction of sp³-hybridized carbons (Fsp3) is 0.250. The second-order valence-electron chi connectivity index (χ2n) is 5.62. The Bertz CT molecular complexity index is 657. The van der Waals surface area contributed by atoms with E-state index in [0.717, 1.165) is 10.0 Å². The molecule has 0 atom stereocenters. The van der Waals surface area contributed by atoms with Crippen LogP contribution in [0, 0.1) is 6.92 Å². The zero-order valence-electron chi connectivity index (χ0n) is 12.8. The van der Waals surface area contributed by atoms with Gasteiger partial charge < -0.3 is 4.55 Å². The third-order valence-electron chi connectivity index (χ3n) is 2.84. The first-order valence-corrected chi connectivity index (χ1v) is 7.91. The van der Waals surface area contributed by atoms with Crippen molar-refractivity contribution in [1.29, 1.82) is 0 Å². The summed E-state index contributed by atoms with van der Waals surface area (Å²) < 4.78 is 32.1. The predicted octanol–water partition coefficient (Wildman–Crippen LogP) is 2.78. The Labute approximate surface area is 127 Å². The van der Waals surface area contributed by atoms with Gasteiger partial charge in [0.1, 0.15) is 15.8 Å². The lowest BCUT2D eigenvalue weighted by Crippen LogP contribution is -2.34. The summed E-state index contributed by atoms with van der Waals surface area (Å²) in [7, 11) is 2.22. The van der Waals surface area contributed by atoms with Crippen molar-refractivity contribution in [2.45, 2.75) is 11.8 Å². The molecule has 0 aliphatic heterocycles. The Morgan fingerprint density at radius 2 is 1.33 bits per heavy atom. The van der Waals surface area contributed by atoms with E-state index < -0.39 is 10.1 Å². The highest BCUT2D eigenvalue weighted by Gasteiger charge is 2.08. The lowest BCUT2D eigenvalue weighted by atomic mass is 10.2. The number of rotatable bonds is 2. The Hall–Kier alpha value is -1.69. The van der Waals surface area contributed by atoms with Crippen molar-refractivity contribution < 1.29 is 13.0 Å². The van der Waals surface area contributed by atoms with Crippen molar-refractivity contribution >= 4 is 15.8 Å². The maximum absolute atomic E-state index is 10.4. The molecule has 0 radical (unpaired) electrons. The van der Waals surface area contributed by atoms with Gasteiger partial charge in [-0.05, 0) is 31.2 Å². The lowest BCUT2D eigenvalue weighted by Gasteiger charge is -2.22. The Morgan fingerprint density at radius 1 is 0.857 bits per heavy atom. The molecule has 0 heterocycles. The normalized spacial score (nSPS) is 11.5. The molecule has 0 aliphatic rings. The third kappa shape index (κ3) is 6.08. The van der Waals surface area contributed by atoms with Gasteiger partial charge >= 0.3 is 0 Å². The zero-order valence-corrected chi connectivity index (χ0v) is 13.6. The van der Waals surface area contributed by atoms with Crippen molar-refractivity contribution in [1.82, 2.24) is 4.48 Å². The highest BCUT2D eigenvalue weighted by Crippen LogP contribution is 2.14. The van der Waals surface area contributed by atoms with E-state index in [1.54, 1.807) is 12.1 Å². The number of benzene rings is 2. The van der Waals surface area contributed by atoms with Crippen molar-refractivity contribution in [3.63, 3.8) is 0 Å². The van der Waals surface area contributed by atoms with Crippen LogP contribution < -0.4 is 4.48 Å². The third-order valence-corrected chi connectivity index (χ3v) is 3.69. The fourth-order valence-corrected chi connectivity index (χ4v) is 2.05. The molecule has 0 aromatic heterocycles. The first kappa shape index (κ1) is 17.4. The minimum absolute atomic E-state index is 0.178. The predicted molar refractivity (Wildman–Crippen MR) is 85.2 cm³/mol. The van der Waals surface area contributed by atoms with Gasteiger partial charge in [0.05, 0.1) is 26.0 Å². The van der Waals surface area contributed by atoms with E-state index in [1.807, 2.05) is 13.0 Å². The Morgan fingerprint density at radius 3 is 1.67 bits per heavy atom. The summed E-state index contributed by atoms with van der Waals surface area (Å²) in [5, 5.41) is 0. The van der Waals surface area contributed by atoms with Gasteiger partial charge in [-0.25, -0.2) is 8.42 Å². The van der Waals surface area contributed by atoms with Crippen LogP contribution in [-0.2, 0) is 10.1 Å². The van der Waals surface area contributed by atoms with Gasteiger partial charge in [-0.1, -0.05) is 35.9 Å². The summed E-state index contributed by atoms with van der Waals surface area (Å²) in [4.78, 5) is -0.178. The maximum Gasteiger partial charge on any atom is 0.132 e. The molecule has 0 aliphatic carbocycles. The SMILES string of the molecule is C[N+](C)(C)c1ccccc1.Cc1ccc(S(=O)(=O)[O-])cc1. The molecule has 21 heavy (non-hydrogen) atoms. The zero-order chi connectivity index (χ0) is 16.1. The van der Waals surface area contributed by atoms with Crippen molar-refractivity contribution in [2.24, 2.45) is 0 Å². The molecule has 2 aromatic carbocycles. The van der Waals surface area contributed by atoms with Crippen LogP contribution in [0.4, 0.5) is 5.69 Å². The van der Waals surface area contributed by atoms with Gasteiger partial charge in [0.2, 0.25) is 0 Å².